The molecule has 0 N–H and O–H groups in total. The molecule has 1 atom stereocenters. The van der Waals surface area contributed by atoms with Crippen LogP contribution in [0.3, 0.4) is 0 Å². The zero-order valence-corrected chi connectivity index (χ0v) is 6.36. The Morgan fingerprint density at radius 3 is 2.45 bits per heavy atom. The molecule has 0 aliphatic carbocycles. The minimum atomic E-state index is -4.09. The number of hydrogen-bond donors (Lipinski definition) is 0. The number of halogens is 3. The third-order valence-electron chi connectivity index (χ3n) is 1.92. The lowest BCUT2D eigenvalue weighted by Gasteiger charge is -2.33. The molecule has 11 heavy (non-hydrogen) atoms. The largest absolute Gasteiger partial charge is 0.404 e. The third-order valence-corrected chi connectivity index (χ3v) is 1.92. The van der Waals surface area contributed by atoms with Gasteiger partial charge in [-0.15, -0.1) is 0 Å². The highest BCUT2D eigenvalue weighted by Gasteiger charge is 2.42. The molecule has 1 fully saturated rings. The second-order valence-corrected chi connectivity index (χ2v) is 2.84. The molecule has 0 saturated carbocycles. The van der Waals surface area contributed by atoms with Gasteiger partial charge in [0.15, 0.2) is 0 Å². The lowest BCUT2D eigenvalue weighted by atomic mass is 10.0. The topological polar surface area (TPSA) is 3.24 Å². The Morgan fingerprint density at radius 2 is 2.09 bits per heavy atom. The minimum absolute atomic E-state index is 0.542. The quantitative estimate of drug-likeness (QED) is 0.530. The Kier molecular flexibility index (Phi) is 2.42. The molecule has 0 bridgehead atoms. The third kappa shape index (κ3) is 2.09. The second-order valence-electron chi connectivity index (χ2n) is 2.84. The van der Waals surface area contributed by atoms with Gasteiger partial charge in [0.1, 0.15) is 6.04 Å². The van der Waals surface area contributed by atoms with Crippen molar-refractivity contribution < 1.29 is 13.2 Å². The fraction of sp³-hybridized carbons (Fsp3) is 0.857. The van der Waals surface area contributed by atoms with Crippen LogP contribution in [-0.2, 0) is 0 Å². The van der Waals surface area contributed by atoms with Crippen LogP contribution in [-0.4, -0.2) is 30.7 Å². The number of nitrogens with zero attached hydrogens (tertiary/aromatic N) is 1. The molecular formula is C7H11F3N. The molecule has 1 aliphatic heterocycles. The van der Waals surface area contributed by atoms with Gasteiger partial charge in [0.2, 0.25) is 0 Å². The number of rotatable bonds is 0. The molecule has 0 aromatic heterocycles. The van der Waals surface area contributed by atoms with Crippen LogP contribution in [0.4, 0.5) is 13.2 Å². The minimum Gasteiger partial charge on any atom is -0.295 e. The smallest absolute Gasteiger partial charge is 0.295 e. The van der Waals surface area contributed by atoms with E-state index in [4.69, 9.17) is 0 Å². The van der Waals surface area contributed by atoms with Gasteiger partial charge in [-0.3, -0.25) is 4.90 Å². The van der Waals surface area contributed by atoms with Crippen LogP contribution in [0, 0.1) is 6.42 Å². The van der Waals surface area contributed by atoms with Crippen molar-refractivity contribution in [2.75, 3.05) is 13.6 Å². The summed E-state index contributed by atoms with van der Waals surface area (Å²) < 4.78 is 36.4. The Balaban J connectivity index is 2.55. The zero-order chi connectivity index (χ0) is 8.48. The van der Waals surface area contributed by atoms with Gasteiger partial charge in [-0.05, 0) is 32.9 Å². The van der Waals surface area contributed by atoms with E-state index in [9.17, 15) is 13.2 Å². The van der Waals surface area contributed by atoms with Crippen LogP contribution in [0.1, 0.15) is 12.8 Å². The molecule has 1 rings (SSSR count). The molecule has 1 nitrogen and oxygen atoms in total. The van der Waals surface area contributed by atoms with Crippen LogP contribution in [0.2, 0.25) is 0 Å². The van der Waals surface area contributed by atoms with Crippen molar-refractivity contribution in [3.05, 3.63) is 6.42 Å². The summed E-state index contributed by atoms with van der Waals surface area (Å²) in [6.45, 7) is 0.542. The first kappa shape index (κ1) is 8.84. The van der Waals surface area contributed by atoms with Crippen molar-refractivity contribution in [2.24, 2.45) is 0 Å². The molecule has 1 unspecified atom stereocenters. The van der Waals surface area contributed by atoms with Gasteiger partial charge in [-0.25, -0.2) is 0 Å². The van der Waals surface area contributed by atoms with Gasteiger partial charge >= 0.3 is 6.18 Å². The van der Waals surface area contributed by atoms with E-state index in [-0.39, 0.29) is 0 Å². The van der Waals surface area contributed by atoms with E-state index in [1.54, 1.807) is 0 Å². The summed E-state index contributed by atoms with van der Waals surface area (Å²) in [5.74, 6) is 0. The molecule has 1 aliphatic rings. The molecule has 65 valence electrons. The second kappa shape index (κ2) is 3.01. The fourth-order valence-electron chi connectivity index (χ4n) is 1.32. The van der Waals surface area contributed by atoms with Crippen LogP contribution < -0.4 is 0 Å². The molecule has 0 spiro atoms. The summed E-state index contributed by atoms with van der Waals surface area (Å²) in [5.41, 5.74) is 0. The summed E-state index contributed by atoms with van der Waals surface area (Å²) in [6.07, 6.45) is -1.34. The summed E-state index contributed by atoms with van der Waals surface area (Å²) in [6, 6.07) is -1.32. The van der Waals surface area contributed by atoms with Crippen molar-refractivity contribution in [2.45, 2.75) is 25.1 Å². The SMILES string of the molecule is CN1CCC[CH]C1C(F)(F)F. The summed E-state index contributed by atoms with van der Waals surface area (Å²) in [7, 11) is 1.51. The molecule has 1 heterocycles. The van der Waals surface area contributed by atoms with Gasteiger partial charge in [0, 0.05) is 0 Å². The summed E-state index contributed by atoms with van der Waals surface area (Å²) >= 11 is 0. The predicted molar refractivity (Wildman–Crippen MR) is 36.0 cm³/mol. The Labute approximate surface area is 64.2 Å². The first-order valence-corrected chi connectivity index (χ1v) is 3.62. The Hall–Kier alpha value is -0.250. The first-order chi connectivity index (χ1) is 5.02. The summed E-state index contributed by atoms with van der Waals surface area (Å²) in [5, 5.41) is 0. The monoisotopic (exact) mass is 166 g/mol. The predicted octanol–water partition coefficient (Wildman–Crippen LogP) is 1.85. The highest BCUT2D eigenvalue weighted by Crippen LogP contribution is 2.29. The van der Waals surface area contributed by atoms with E-state index in [1.807, 2.05) is 0 Å². The maximum absolute atomic E-state index is 12.1. The highest BCUT2D eigenvalue weighted by atomic mass is 19.4. The maximum Gasteiger partial charge on any atom is 0.404 e. The van der Waals surface area contributed by atoms with Crippen LogP contribution in [0.5, 0.6) is 0 Å². The molecule has 4 heteroatoms. The van der Waals surface area contributed by atoms with Crippen molar-refractivity contribution >= 4 is 0 Å². The number of alkyl halides is 3. The van der Waals surface area contributed by atoms with Crippen molar-refractivity contribution in [1.82, 2.24) is 4.90 Å². The van der Waals surface area contributed by atoms with Crippen molar-refractivity contribution in [3.8, 4) is 0 Å². The van der Waals surface area contributed by atoms with E-state index in [2.05, 4.69) is 0 Å². The van der Waals surface area contributed by atoms with E-state index < -0.39 is 12.2 Å². The van der Waals surface area contributed by atoms with Gasteiger partial charge in [0.05, 0.1) is 0 Å². The van der Waals surface area contributed by atoms with Gasteiger partial charge in [-0.1, -0.05) is 0 Å². The molecule has 1 radical (unpaired) electrons. The van der Waals surface area contributed by atoms with Crippen LogP contribution in [0.25, 0.3) is 0 Å². The Morgan fingerprint density at radius 1 is 1.45 bits per heavy atom. The van der Waals surface area contributed by atoms with Crippen molar-refractivity contribution in [3.63, 3.8) is 0 Å². The molecule has 1 saturated heterocycles. The average molecular weight is 166 g/mol. The Bertz CT molecular complexity index is 132. The van der Waals surface area contributed by atoms with E-state index >= 15 is 0 Å². The van der Waals surface area contributed by atoms with Crippen molar-refractivity contribution in [1.29, 1.82) is 0 Å². The first-order valence-electron chi connectivity index (χ1n) is 3.62. The van der Waals surface area contributed by atoms with E-state index in [0.29, 0.717) is 13.0 Å². The van der Waals surface area contributed by atoms with Gasteiger partial charge < -0.3 is 0 Å². The number of hydrogen-bond acceptors (Lipinski definition) is 1. The zero-order valence-electron chi connectivity index (χ0n) is 6.36. The van der Waals surface area contributed by atoms with Crippen LogP contribution >= 0.6 is 0 Å². The average Bonchev–Trinajstić information content (AvgIpc) is 1.86. The summed E-state index contributed by atoms with van der Waals surface area (Å²) in [4.78, 5) is 1.34. The van der Waals surface area contributed by atoms with Gasteiger partial charge in [0.25, 0.3) is 0 Å². The molecule has 0 amide bonds. The molecule has 0 aromatic carbocycles. The standard InChI is InChI=1S/C7H11F3N/c1-11-5-3-2-4-6(11)7(8,9)10/h4,6H,2-3,5H2,1H3. The number of likely N-dealkylation sites (tertiary alicyclic amines) is 1. The normalized spacial score (nSPS) is 28.9. The lowest BCUT2D eigenvalue weighted by molar-refractivity contribution is -0.175. The van der Waals surface area contributed by atoms with E-state index in [1.165, 1.54) is 18.4 Å². The van der Waals surface area contributed by atoms with Crippen LogP contribution in [0.15, 0.2) is 0 Å². The maximum atomic E-state index is 12.1. The van der Waals surface area contributed by atoms with E-state index in [0.717, 1.165) is 6.42 Å². The van der Waals surface area contributed by atoms with Gasteiger partial charge in [-0.2, -0.15) is 13.2 Å². The fourth-order valence-corrected chi connectivity index (χ4v) is 1.32. The highest BCUT2D eigenvalue weighted by molar-refractivity contribution is 4.93. The number of piperidine rings is 1. The molecule has 0 aromatic rings. The molecular weight excluding hydrogens is 155 g/mol. The lowest BCUT2D eigenvalue weighted by Crippen LogP contribution is -2.46.